The van der Waals surface area contributed by atoms with Crippen molar-refractivity contribution in [1.29, 1.82) is 0 Å². The van der Waals surface area contributed by atoms with Gasteiger partial charge in [-0.2, -0.15) is 26.3 Å². The van der Waals surface area contributed by atoms with Gasteiger partial charge in [-0.25, -0.2) is 0 Å². The number of amides is 1. The average Bonchev–Trinajstić information content (AvgIpc) is 3.15. The minimum Gasteiger partial charge on any atom is -0.491 e. The first-order chi connectivity index (χ1) is 17.3. The Labute approximate surface area is 209 Å². The van der Waals surface area contributed by atoms with Crippen LogP contribution < -0.4 is 9.47 Å². The molecular formula is C27H23F6NO3. The first-order valence-electron chi connectivity index (χ1n) is 11.4. The molecule has 1 atom stereocenters. The third-order valence-electron chi connectivity index (χ3n) is 5.87. The molecule has 4 rings (SSSR count). The molecule has 1 amide bonds. The van der Waals surface area contributed by atoms with E-state index in [0.29, 0.717) is 16.9 Å². The van der Waals surface area contributed by atoms with E-state index in [1.807, 2.05) is 13.8 Å². The summed E-state index contributed by atoms with van der Waals surface area (Å²) in [6, 6.07) is 13.3. The molecule has 4 nitrogen and oxygen atoms in total. The van der Waals surface area contributed by atoms with Gasteiger partial charge in [0, 0.05) is 12.1 Å². The first kappa shape index (κ1) is 26.4. The number of ether oxygens (including phenoxy) is 2. The van der Waals surface area contributed by atoms with Crippen LogP contribution in [0.1, 0.15) is 52.5 Å². The van der Waals surface area contributed by atoms with Gasteiger partial charge >= 0.3 is 12.4 Å². The van der Waals surface area contributed by atoms with Gasteiger partial charge in [0.25, 0.3) is 5.91 Å². The van der Waals surface area contributed by atoms with Gasteiger partial charge in [0.2, 0.25) is 0 Å². The fourth-order valence-corrected chi connectivity index (χ4v) is 4.07. The maximum atomic E-state index is 13.2. The molecule has 196 valence electrons. The molecule has 0 N–H and O–H groups in total. The highest BCUT2D eigenvalue weighted by Gasteiger charge is 2.38. The zero-order chi connectivity index (χ0) is 27.0. The van der Waals surface area contributed by atoms with Gasteiger partial charge in [-0.1, -0.05) is 18.2 Å². The molecule has 1 unspecified atom stereocenters. The monoisotopic (exact) mass is 523 g/mol. The summed E-state index contributed by atoms with van der Waals surface area (Å²) < 4.78 is 89.7. The lowest BCUT2D eigenvalue weighted by atomic mass is 10.1. The standard InChI is InChI=1S/C27H23F6NO3/c1-16(2)37-22-9-4-17(5-10-22)24(15-36-21-11-7-19(8-12-21)26(28,29)30)34-14-18-3-6-20(27(31,32)33)13-23(18)25(34)35/h3-13,16,24H,14-15H2,1-2H3. The minimum atomic E-state index is -4.60. The Hall–Kier alpha value is -3.69. The summed E-state index contributed by atoms with van der Waals surface area (Å²) >= 11 is 0. The molecule has 37 heavy (non-hydrogen) atoms. The number of nitrogens with zero attached hydrogens (tertiary/aromatic N) is 1. The van der Waals surface area contributed by atoms with Gasteiger partial charge in [-0.15, -0.1) is 0 Å². The molecule has 0 saturated heterocycles. The minimum absolute atomic E-state index is 0.0471. The normalized spacial score (nSPS) is 14.6. The summed E-state index contributed by atoms with van der Waals surface area (Å²) in [5, 5.41) is 0. The number of rotatable bonds is 7. The third kappa shape index (κ3) is 6.00. The number of benzene rings is 3. The van der Waals surface area contributed by atoms with E-state index < -0.39 is 35.4 Å². The Morgan fingerprint density at radius 2 is 1.38 bits per heavy atom. The molecule has 1 aliphatic heterocycles. The highest BCUT2D eigenvalue weighted by molar-refractivity contribution is 5.98. The van der Waals surface area contributed by atoms with Crippen molar-refractivity contribution in [2.24, 2.45) is 0 Å². The average molecular weight is 523 g/mol. The van der Waals surface area contributed by atoms with Crippen LogP contribution in [0.3, 0.4) is 0 Å². The van der Waals surface area contributed by atoms with Crippen LogP contribution in [0, 0.1) is 0 Å². The molecule has 0 saturated carbocycles. The van der Waals surface area contributed by atoms with Crippen LogP contribution in [0.4, 0.5) is 26.3 Å². The highest BCUT2D eigenvalue weighted by atomic mass is 19.4. The van der Waals surface area contributed by atoms with E-state index in [9.17, 15) is 31.1 Å². The van der Waals surface area contributed by atoms with Crippen LogP contribution in [0.2, 0.25) is 0 Å². The van der Waals surface area contributed by atoms with Crippen LogP contribution in [-0.2, 0) is 18.9 Å². The molecule has 0 radical (unpaired) electrons. The van der Waals surface area contributed by atoms with Gasteiger partial charge < -0.3 is 14.4 Å². The van der Waals surface area contributed by atoms with Crippen molar-refractivity contribution in [3.05, 3.63) is 94.5 Å². The third-order valence-corrected chi connectivity index (χ3v) is 5.87. The smallest absolute Gasteiger partial charge is 0.416 e. The molecular weight excluding hydrogens is 500 g/mol. The highest BCUT2D eigenvalue weighted by Crippen LogP contribution is 2.37. The van der Waals surface area contributed by atoms with Gasteiger partial charge in [0.1, 0.15) is 18.1 Å². The topological polar surface area (TPSA) is 38.8 Å². The molecule has 1 heterocycles. The molecule has 0 spiro atoms. The van der Waals surface area contributed by atoms with E-state index in [1.54, 1.807) is 24.3 Å². The first-order valence-corrected chi connectivity index (χ1v) is 11.4. The second kappa shape index (κ2) is 9.99. The summed E-state index contributed by atoms with van der Waals surface area (Å²) in [4.78, 5) is 14.6. The molecule has 1 aliphatic rings. The van der Waals surface area contributed by atoms with E-state index in [2.05, 4.69) is 0 Å². The molecule has 0 bridgehead atoms. The zero-order valence-electron chi connectivity index (χ0n) is 19.9. The quantitative estimate of drug-likeness (QED) is 0.306. The molecule has 0 fully saturated rings. The number of halogens is 6. The Bertz CT molecular complexity index is 1250. The van der Waals surface area contributed by atoms with E-state index in [1.165, 1.54) is 23.1 Å². The molecule has 10 heteroatoms. The van der Waals surface area contributed by atoms with E-state index in [0.717, 1.165) is 24.3 Å². The fourth-order valence-electron chi connectivity index (χ4n) is 4.07. The number of hydrogen-bond donors (Lipinski definition) is 0. The van der Waals surface area contributed by atoms with Crippen LogP contribution in [-0.4, -0.2) is 23.5 Å². The Morgan fingerprint density at radius 3 is 1.95 bits per heavy atom. The van der Waals surface area contributed by atoms with Gasteiger partial charge in [-0.3, -0.25) is 4.79 Å². The lowest BCUT2D eigenvalue weighted by molar-refractivity contribution is -0.138. The Morgan fingerprint density at radius 1 is 0.811 bits per heavy atom. The van der Waals surface area contributed by atoms with Crippen molar-refractivity contribution in [3.8, 4) is 11.5 Å². The lowest BCUT2D eigenvalue weighted by Gasteiger charge is -2.28. The van der Waals surface area contributed by atoms with Crippen LogP contribution in [0.15, 0.2) is 66.7 Å². The van der Waals surface area contributed by atoms with Crippen molar-refractivity contribution in [2.75, 3.05) is 6.61 Å². The summed E-state index contributed by atoms with van der Waals surface area (Å²) in [6.45, 7) is 3.65. The summed E-state index contributed by atoms with van der Waals surface area (Å²) in [7, 11) is 0. The maximum absolute atomic E-state index is 13.2. The summed E-state index contributed by atoms with van der Waals surface area (Å²) in [6.07, 6.45) is -9.16. The zero-order valence-corrected chi connectivity index (χ0v) is 19.9. The molecule has 0 aliphatic carbocycles. The van der Waals surface area contributed by atoms with Crippen molar-refractivity contribution in [1.82, 2.24) is 4.90 Å². The van der Waals surface area contributed by atoms with Crippen molar-refractivity contribution >= 4 is 5.91 Å². The van der Waals surface area contributed by atoms with Gasteiger partial charge in [-0.05, 0) is 73.5 Å². The van der Waals surface area contributed by atoms with Gasteiger partial charge in [0.05, 0.1) is 23.3 Å². The summed E-state index contributed by atoms with van der Waals surface area (Å²) in [5.74, 6) is 0.151. The fraction of sp³-hybridized carbons (Fsp3) is 0.296. The summed E-state index contributed by atoms with van der Waals surface area (Å²) in [5.41, 5.74) is -0.733. The Balaban J connectivity index is 1.61. The van der Waals surface area contributed by atoms with E-state index in [-0.39, 0.29) is 30.6 Å². The predicted molar refractivity (Wildman–Crippen MR) is 123 cm³/mol. The number of carbonyl (C=O) groups is 1. The van der Waals surface area contributed by atoms with E-state index >= 15 is 0 Å². The number of hydrogen-bond acceptors (Lipinski definition) is 3. The van der Waals surface area contributed by atoms with Gasteiger partial charge in [0.15, 0.2) is 0 Å². The van der Waals surface area contributed by atoms with Crippen molar-refractivity contribution < 1.29 is 40.6 Å². The molecule has 3 aromatic rings. The van der Waals surface area contributed by atoms with E-state index in [4.69, 9.17) is 9.47 Å². The number of alkyl halides is 6. The number of fused-ring (bicyclic) bond motifs is 1. The van der Waals surface area contributed by atoms with Crippen LogP contribution in [0.25, 0.3) is 0 Å². The molecule has 3 aromatic carbocycles. The largest absolute Gasteiger partial charge is 0.491 e. The Kier molecular flexibility index (Phi) is 7.12. The van der Waals surface area contributed by atoms with Crippen LogP contribution >= 0.6 is 0 Å². The SMILES string of the molecule is CC(C)Oc1ccc(C(COc2ccc(C(F)(F)F)cc2)N2Cc3ccc(C(F)(F)F)cc3C2=O)cc1. The molecule has 0 aromatic heterocycles. The van der Waals surface area contributed by atoms with Crippen molar-refractivity contribution in [2.45, 2.75) is 44.9 Å². The second-order valence-electron chi connectivity index (χ2n) is 8.89. The lowest BCUT2D eigenvalue weighted by Crippen LogP contribution is -2.33. The second-order valence-corrected chi connectivity index (χ2v) is 8.89. The predicted octanol–water partition coefficient (Wildman–Crippen LogP) is 7.29. The maximum Gasteiger partial charge on any atom is 0.416 e. The number of carbonyl (C=O) groups excluding carboxylic acids is 1. The van der Waals surface area contributed by atoms with Crippen molar-refractivity contribution in [3.63, 3.8) is 0 Å². The van der Waals surface area contributed by atoms with Crippen LogP contribution in [0.5, 0.6) is 11.5 Å².